The highest BCUT2D eigenvalue weighted by molar-refractivity contribution is 7.89. The molecule has 8 heteroatoms. The molecule has 0 bridgehead atoms. The normalized spacial score (nSPS) is 17.8. The molecular formula is C15H23N3O4S. The summed E-state index contributed by atoms with van der Waals surface area (Å²) in [5.74, 6) is 0.252. The molecule has 1 unspecified atom stereocenters. The summed E-state index contributed by atoms with van der Waals surface area (Å²) in [7, 11) is -3.75. The highest BCUT2D eigenvalue weighted by Gasteiger charge is 2.28. The molecule has 0 spiro atoms. The van der Waals surface area contributed by atoms with Gasteiger partial charge in [0.25, 0.3) is 5.69 Å². The minimum absolute atomic E-state index is 0.0670. The Labute approximate surface area is 136 Å². The molecule has 1 aliphatic carbocycles. The van der Waals surface area contributed by atoms with Crippen molar-refractivity contribution in [3.63, 3.8) is 0 Å². The molecule has 7 nitrogen and oxygen atoms in total. The molecule has 2 rings (SSSR count). The Balaban J connectivity index is 2.21. The van der Waals surface area contributed by atoms with Gasteiger partial charge >= 0.3 is 0 Å². The lowest BCUT2D eigenvalue weighted by Crippen LogP contribution is -2.45. The molecule has 128 valence electrons. The molecule has 1 fully saturated rings. The third-order valence-electron chi connectivity index (χ3n) is 4.44. The van der Waals surface area contributed by atoms with Crippen LogP contribution < -0.4 is 10.5 Å². The van der Waals surface area contributed by atoms with E-state index in [2.05, 4.69) is 4.72 Å². The van der Waals surface area contributed by atoms with E-state index in [-0.39, 0.29) is 29.1 Å². The van der Waals surface area contributed by atoms with Gasteiger partial charge in [0.05, 0.1) is 9.82 Å². The van der Waals surface area contributed by atoms with Crippen LogP contribution in [0.3, 0.4) is 0 Å². The average molecular weight is 341 g/mol. The number of non-ortho nitro benzene ring substituents is 1. The van der Waals surface area contributed by atoms with Gasteiger partial charge in [0.15, 0.2) is 0 Å². The van der Waals surface area contributed by atoms with Gasteiger partial charge in [0.1, 0.15) is 0 Å². The number of rotatable bonds is 6. The first-order valence-electron chi connectivity index (χ1n) is 7.82. The van der Waals surface area contributed by atoms with Crippen molar-refractivity contribution in [3.8, 4) is 0 Å². The third-order valence-corrected chi connectivity index (χ3v) is 6.09. The SMILES string of the molecule is Cc1cc([N+](=O)[O-])ccc1S(=O)(=O)NC(CN)C1CCCCC1. The van der Waals surface area contributed by atoms with E-state index in [1.165, 1.54) is 24.6 Å². The second-order valence-electron chi connectivity index (χ2n) is 6.07. The fraction of sp³-hybridized carbons (Fsp3) is 0.600. The van der Waals surface area contributed by atoms with Crippen LogP contribution in [-0.4, -0.2) is 25.9 Å². The van der Waals surface area contributed by atoms with E-state index >= 15 is 0 Å². The first-order chi connectivity index (χ1) is 10.8. The summed E-state index contributed by atoms with van der Waals surface area (Å²) in [6.07, 6.45) is 5.33. The number of nitro benzene ring substituents is 1. The number of nitrogens with two attached hydrogens (primary N) is 1. The standard InChI is InChI=1S/C15H23N3O4S/c1-11-9-13(18(19)20)7-8-15(11)23(21,22)17-14(10-16)12-5-3-2-4-6-12/h7-9,12,14,17H,2-6,10,16H2,1H3. The number of nitro groups is 1. The Morgan fingerprint density at radius 1 is 1.35 bits per heavy atom. The molecule has 1 aromatic carbocycles. The van der Waals surface area contributed by atoms with E-state index < -0.39 is 14.9 Å². The van der Waals surface area contributed by atoms with Crippen LogP contribution >= 0.6 is 0 Å². The van der Waals surface area contributed by atoms with Gasteiger partial charge in [0.2, 0.25) is 10.0 Å². The van der Waals surface area contributed by atoms with Gasteiger partial charge in [-0.3, -0.25) is 10.1 Å². The predicted octanol–water partition coefficient (Wildman–Crippen LogP) is 2.09. The van der Waals surface area contributed by atoms with Crippen LogP contribution in [0.2, 0.25) is 0 Å². The maximum Gasteiger partial charge on any atom is 0.269 e. The largest absolute Gasteiger partial charge is 0.329 e. The lowest BCUT2D eigenvalue weighted by molar-refractivity contribution is -0.385. The summed E-state index contributed by atoms with van der Waals surface area (Å²) in [5, 5.41) is 10.8. The van der Waals surface area contributed by atoms with Crippen LogP contribution in [0.15, 0.2) is 23.1 Å². The van der Waals surface area contributed by atoms with Crippen molar-refractivity contribution in [1.29, 1.82) is 0 Å². The van der Waals surface area contributed by atoms with Crippen molar-refractivity contribution >= 4 is 15.7 Å². The molecule has 23 heavy (non-hydrogen) atoms. The van der Waals surface area contributed by atoms with Crippen molar-refractivity contribution in [2.45, 2.75) is 50.0 Å². The average Bonchev–Trinajstić information content (AvgIpc) is 2.53. The van der Waals surface area contributed by atoms with Gasteiger partial charge in [-0.1, -0.05) is 19.3 Å². The van der Waals surface area contributed by atoms with E-state index in [9.17, 15) is 18.5 Å². The molecule has 1 aliphatic rings. The highest BCUT2D eigenvalue weighted by Crippen LogP contribution is 2.28. The fourth-order valence-electron chi connectivity index (χ4n) is 3.18. The summed E-state index contributed by atoms with van der Waals surface area (Å²) in [6.45, 7) is 1.80. The van der Waals surface area contributed by atoms with Gasteiger partial charge in [-0.15, -0.1) is 0 Å². The zero-order valence-corrected chi connectivity index (χ0v) is 14.0. The quantitative estimate of drug-likeness (QED) is 0.607. The number of sulfonamides is 1. The molecule has 0 aromatic heterocycles. The second kappa shape index (κ2) is 7.37. The number of nitrogens with one attached hydrogen (secondary N) is 1. The van der Waals surface area contributed by atoms with Crippen LogP contribution in [0.1, 0.15) is 37.7 Å². The summed E-state index contributed by atoms with van der Waals surface area (Å²) < 4.78 is 27.9. The molecule has 0 saturated heterocycles. The minimum atomic E-state index is -3.75. The van der Waals surface area contributed by atoms with E-state index in [4.69, 9.17) is 5.73 Å². The zero-order valence-electron chi connectivity index (χ0n) is 13.2. The number of hydrogen-bond donors (Lipinski definition) is 2. The predicted molar refractivity (Wildman–Crippen MR) is 87.6 cm³/mol. The summed E-state index contributed by atoms with van der Waals surface area (Å²) in [6, 6.07) is 3.46. The molecule has 0 radical (unpaired) electrons. The fourth-order valence-corrected chi connectivity index (χ4v) is 4.73. The maximum absolute atomic E-state index is 12.6. The Morgan fingerprint density at radius 2 is 2.00 bits per heavy atom. The monoisotopic (exact) mass is 341 g/mol. The molecular weight excluding hydrogens is 318 g/mol. The first kappa shape index (κ1) is 17.8. The summed E-state index contributed by atoms with van der Waals surface area (Å²) in [4.78, 5) is 10.3. The number of hydrogen-bond acceptors (Lipinski definition) is 5. The van der Waals surface area contributed by atoms with Crippen LogP contribution in [0.25, 0.3) is 0 Å². The molecule has 3 N–H and O–H groups in total. The Morgan fingerprint density at radius 3 is 2.52 bits per heavy atom. The number of nitrogens with zero attached hydrogens (tertiary/aromatic N) is 1. The molecule has 0 heterocycles. The number of aryl methyl sites for hydroxylation is 1. The Hall–Kier alpha value is -1.51. The van der Waals surface area contributed by atoms with E-state index in [1.54, 1.807) is 6.92 Å². The lowest BCUT2D eigenvalue weighted by Gasteiger charge is -2.30. The van der Waals surface area contributed by atoms with Gasteiger partial charge in [-0.05, 0) is 37.3 Å². The third kappa shape index (κ3) is 4.27. The van der Waals surface area contributed by atoms with Crippen molar-refractivity contribution in [2.75, 3.05) is 6.54 Å². The Kier molecular flexibility index (Phi) is 5.72. The van der Waals surface area contributed by atoms with Gasteiger partial charge in [0, 0.05) is 24.7 Å². The second-order valence-corrected chi connectivity index (χ2v) is 7.75. The summed E-state index contributed by atoms with van der Waals surface area (Å²) >= 11 is 0. The Bertz CT molecular complexity index is 669. The van der Waals surface area contributed by atoms with Crippen molar-refractivity contribution in [2.24, 2.45) is 11.7 Å². The van der Waals surface area contributed by atoms with Crippen LogP contribution in [0.4, 0.5) is 5.69 Å². The van der Waals surface area contributed by atoms with Crippen molar-refractivity contribution in [1.82, 2.24) is 4.72 Å². The van der Waals surface area contributed by atoms with Crippen molar-refractivity contribution < 1.29 is 13.3 Å². The summed E-state index contributed by atoms with van der Waals surface area (Å²) in [5.41, 5.74) is 6.01. The number of benzene rings is 1. The first-order valence-corrected chi connectivity index (χ1v) is 9.31. The van der Waals surface area contributed by atoms with Gasteiger partial charge in [-0.25, -0.2) is 13.1 Å². The topological polar surface area (TPSA) is 115 Å². The van der Waals surface area contributed by atoms with E-state index in [1.807, 2.05) is 0 Å². The van der Waals surface area contributed by atoms with Gasteiger partial charge < -0.3 is 5.73 Å². The molecule has 1 atom stereocenters. The van der Waals surface area contributed by atoms with Gasteiger partial charge in [-0.2, -0.15) is 0 Å². The smallest absolute Gasteiger partial charge is 0.269 e. The van der Waals surface area contributed by atoms with Crippen LogP contribution in [-0.2, 0) is 10.0 Å². The van der Waals surface area contributed by atoms with Crippen LogP contribution in [0.5, 0.6) is 0 Å². The highest BCUT2D eigenvalue weighted by atomic mass is 32.2. The van der Waals surface area contributed by atoms with E-state index in [0.717, 1.165) is 25.7 Å². The van der Waals surface area contributed by atoms with Crippen LogP contribution in [0, 0.1) is 23.0 Å². The minimum Gasteiger partial charge on any atom is -0.329 e. The molecule has 1 saturated carbocycles. The lowest BCUT2D eigenvalue weighted by atomic mass is 9.84. The maximum atomic E-state index is 12.6. The molecule has 0 amide bonds. The van der Waals surface area contributed by atoms with Crippen molar-refractivity contribution in [3.05, 3.63) is 33.9 Å². The zero-order chi connectivity index (χ0) is 17.0. The van der Waals surface area contributed by atoms with E-state index in [0.29, 0.717) is 5.56 Å². The molecule has 1 aromatic rings. The molecule has 0 aliphatic heterocycles.